The lowest BCUT2D eigenvalue weighted by molar-refractivity contribution is 0.0958. The second kappa shape index (κ2) is 10.1. The Balaban J connectivity index is 1.90. The van der Waals surface area contributed by atoms with E-state index in [1.807, 2.05) is 87.5 Å². The zero-order valence-electron chi connectivity index (χ0n) is 21.1. The van der Waals surface area contributed by atoms with Gasteiger partial charge in [0.1, 0.15) is 6.07 Å². The number of nitrogens with one attached hydrogen (secondary N) is 1. The molecule has 0 aliphatic rings. The van der Waals surface area contributed by atoms with Gasteiger partial charge in [0.2, 0.25) is 0 Å². The molecular weight excluding hydrogens is 416 g/mol. The van der Waals surface area contributed by atoms with Gasteiger partial charge in [-0.1, -0.05) is 108 Å². The zero-order valence-corrected chi connectivity index (χ0v) is 21.1. The van der Waals surface area contributed by atoms with Crippen LogP contribution in [0.2, 0.25) is 0 Å². The van der Waals surface area contributed by atoms with Gasteiger partial charge in [0.25, 0.3) is 5.91 Å². The summed E-state index contributed by atoms with van der Waals surface area (Å²) in [4.78, 5) is 13.1. The minimum absolute atomic E-state index is 0.0200. The SMILES string of the molecule is CC(C)(C)C(NC(=O)c1ccc(C(C)(C)C)cc1)=C(C#N)c1ccc(Cc2ccccc2)cc1. The van der Waals surface area contributed by atoms with Gasteiger partial charge in [0, 0.05) is 16.7 Å². The van der Waals surface area contributed by atoms with Crippen molar-refractivity contribution in [1.29, 1.82) is 5.26 Å². The van der Waals surface area contributed by atoms with E-state index in [0.29, 0.717) is 16.8 Å². The molecule has 3 heteroatoms. The van der Waals surface area contributed by atoms with Crippen LogP contribution >= 0.6 is 0 Å². The number of amides is 1. The molecule has 0 aliphatic heterocycles. The fourth-order valence-corrected chi connectivity index (χ4v) is 3.82. The third kappa shape index (κ3) is 6.23. The average molecular weight is 451 g/mol. The lowest BCUT2D eigenvalue weighted by Gasteiger charge is -2.26. The molecule has 0 atom stereocenters. The third-order valence-electron chi connectivity index (χ3n) is 5.86. The number of rotatable bonds is 5. The predicted octanol–water partition coefficient (Wildman–Crippen LogP) is 7.29. The van der Waals surface area contributed by atoms with E-state index >= 15 is 0 Å². The maximum Gasteiger partial charge on any atom is 0.255 e. The van der Waals surface area contributed by atoms with Crippen LogP contribution < -0.4 is 5.32 Å². The maximum absolute atomic E-state index is 13.1. The third-order valence-corrected chi connectivity index (χ3v) is 5.86. The first-order valence-corrected chi connectivity index (χ1v) is 11.7. The molecule has 3 aromatic carbocycles. The van der Waals surface area contributed by atoms with Crippen molar-refractivity contribution in [3.63, 3.8) is 0 Å². The minimum atomic E-state index is -0.422. The molecule has 0 bridgehead atoms. The monoisotopic (exact) mass is 450 g/mol. The summed E-state index contributed by atoms with van der Waals surface area (Å²) in [5, 5.41) is 13.1. The molecule has 0 radical (unpaired) electrons. The lowest BCUT2D eigenvalue weighted by atomic mass is 9.85. The summed E-state index contributed by atoms with van der Waals surface area (Å²) in [5.74, 6) is -0.209. The van der Waals surface area contributed by atoms with Gasteiger partial charge in [0.15, 0.2) is 0 Å². The van der Waals surface area contributed by atoms with Crippen molar-refractivity contribution >= 4 is 11.5 Å². The number of allylic oxidation sites excluding steroid dienone is 2. The molecule has 0 unspecified atom stereocenters. The Labute approximate surface area is 204 Å². The van der Waals surface area contributed by atoms with E-state index in [1.165, 1.54) is 16.7 Å². The summed E-state index contributed by atoms with van der Waals surface area (Å²) < 4.78 is 0. The van der Waals surface area contributed by atoms with Crippen molar-refractivity contribution in [3.05, 3.63) is 112 Å². The van der Waals surface area contributed by atoms with Gasteiger partial charge in [0.05, 0.1) is 5.57 Å². The topological polar surface area (TPSA) is 52.9 Å². The van der Waals surface area contributed by atoms with Gasteiger partial charge in [-0.3, -0.25) is 4.79 Å². The number of nitrogens with zero attached hydrogens (tertiary/aromatic N) is 1. The first-order valence-electron chi connectivity index (χ1n) is 11.7. The van der Waals surface area contributed by atoms with Crippen LogP contribution in [0.4, 0.5) is 0 Å². The van der Waals surface area contributed by atoms with Crippen molar-refractivity contribution in [1.82, 2.24) is 5.32 Å². The van der Waals surface area contributed by atoms with Crippen molar-refractivity contribution in [2.45, 2.75) is 53.4 Å². The van der Waals surface area contributed by atoms with Crippen LogP contribution in [-0.4, -0.2) is 5.91 Å². The summed E-state index contributed by atoms with van der Waals surface area (Å²) in [5.41, 5.74) is 5.66. The highest BCUT2D eigenvalue weighted by atomic mass is 16.1. The van der Waals surface area contributed by atoms with E-state index in [0.717, 1.165) is 12.0 Å². The summed E-state index contributed by atoms with van der Waals surface area (Å²) in [7, 11) is 0. The smallest absolute Gasteiger partial charge is 0.255 e. The minimum Gasteiger partial charge on any atom is -0.324 e. The summed E-state index contributed by atoms with van der Waals surface area (Å²) in [6.07, 6.45) is 0.833. The highest BCUT2D eigenvalue weighted by Crippen LogP contribution is 2.31. The van der Waals surface area contributed by atoms with E-state index in [1.54, 1.807) is 0 Å². The van der Waals surface area contributed by atoms with E-state index in [4.69, 9.17) is 0 Å². The Bertz CT molecular complexity index is 1200. The largest absolute Gasteiger partial charge is 0.324 e. The summed E-state index contributed by atoms with van der Waals surface area (Å²) in [6.45, 7) is 12.5. The van der Waals surface area contributed by atoms with Crippen LogP contribution in [0.5, 0.6) is 0 Å². The van der Waals surface area contributed by atoms with Gasteiger partial charge in [-0.25, -0.2) is 0 Å². The molecule has 0 heterocycles. The molecule has 1 N–H and O–H groups in total. The summed E-state index contributed by atoms with van der Waals surface area (Å²) >= 11 is 0. The fraction of sp³-hybridized carbons (Fsp3) is 0.290. The molecule has 3 nitrogen and oxygen atoms in total. The Kier molecular flexibility index (Phi) is 7.42. The Morgan fingerprint density at radius 2 is 1.29 bits per heavy atom. The van der Waals surface area contributed by atoms with Gasteiger partial charge in [-0.2, -0.15) is 5.26 Å². The second-order valence-electron chi connectivity index (χ2n) is 10.8. The van der Waals surface area contributed by atoms with Gasteiger partial charge < -0.3 is 5.32 Å². The number of carbonyl (C=O) groups is 1. The normalized spacial score (nSPS) is 12.5. The fourth-order valence-electron chi connectivity index (χ4n) is 3.82. The molecule has 3 aromatic rings. The van der Waals surface area contributed by atoms with Crippen molar-refractivity contribution < 1.29 is 4.79 Å². The van der Waals surface area contributed by atoms with E-state index in [9.17, 15) is 10.1 Å². The molecular formula is C31H34N2O. The van der Waals surface area contributed by atoms with Gasteiger partial charge in [-0.15, -0.1) is 0 Å². The molecule has 174 valence electrons. The standard InChI is InChI=1S/C31H34N2O/c1-30(2,3)26-18-16-25(17-19-26)29(34)33-28(31(4,5)6)27(21-32)24-14-12-23(13-15-24)20-22-10-8-7-9-11-22/h7-19H,20H2,1-6H3,(H,33,34). The lowest BCUT2D eigenvalue weighted by Crippen LogP contribution is -2.31. The number of nitriles is 1. The van der Waals surface area contributed by atoms with E-state index in [2.05, 4.69) is 44.3 Å². The molecule has 3 rings (SSSR count). The number of carbonyl (C=O) groups excluding carboxylic acids is 1. The number of hydrogen-bond donors (Lipinski definition) is 1. The van der Waals surface area contributed by atoms with Crippen molar-refractivity contribution in [2.24, 2.45) is 5.41 Å². The predicted molar refractivity (Wildman–Crippen MR) is 140 cm³/mol. The van der Waals surface area contributed by atoms with Gasteiger partial charge in [-0.05, 0) is 46.2 Å². The van der Waals surface area contributed by atoms with E-state index in [-0.39, 0.29) is 11.3 Å². The average Bonchev–Trinajstić information content (AvgIpc) is 2.79. The van der Waals surface area contributed by atoms with E-state index < -0.39 is 5.41 Å². The Hall–Kier alpha value is -3.64. The van der Waals surface area contributed by atoms with Crippen LogP contribution in [0, 0.1) is 16.7 Å². The highest BCUT2D eigenvalue weighted by Gasteiger charge is 2.25. The van der Waals surface area contributed by atoms with Crippen LogP contribution in [0.25, 0.3) is 5.57 Å². The number of benzene rings is 3. The Morgan fingerprint density at radius 1 is 0.765 bits per heavy atom. The Morgan fingerprint density at radius 3 is 1.79 bits per heavy atom. The number of hydrogen-bond acceptors (Lipinski definition) is 2. The van der Waals surface area contributed by atoms with Crippen LogP contribution in [0.1, 0.15) is 74.2 Å². The van der Waals surface area contributed by atoms with Crippen LogP contribution in [-0.2, 0) is 11.8 Å². The van der Waals surface area contributed by atoms with Crippen LogP contribution in [0.15, 0.2) is 84.6 Å². The van der Waals surface area contributed by atoms with Crippen LogP contribution in [0.3, 0.4) is 0 Å². The molecule has 0 aromatic heterocycles. The molecule has 0 fully saturated rings. The molecule has 34 heavy (non-hydrogen) atoms. The first-order chi connectivity index (χ1) is 16.0. The zero-order chi connectivity index (χ0) is 24.9. The van der Waals surface area contributed by atoms with Crippen molar-refractivity contribution in [3.8, 4) is 6.07 Å². The highest BCUT2D eigenvalue weighted by molar-refractivity contribution is 5.97. The molecule has 0 spiro atoms. The van der Waals surface area contributed by atoms with Crippen molar-refractivity contribution in [2.75, 3.05) is 0 Å². The molecule has 0 saturated carbocycles. The molecule has 0 saturated heterocycles. The summed E-state index contributed by atoms with van der Waals surface area (Å²) in [6, 6.07) is 28.4. The first kappa shape index (κ1) is 25.0. The maximum atomic E-state index is 13.1. The second-order valence-corrected chi connectivity index (χ2v) is 10.8. The molecule has 1 amide bonds. The quantitative estimate of drug-likeness (QED) is 0.415. The van der Waals surface area contributed by atoms with Gasteiger partial charge >= 0.3 is 0 Å². The molecule has 0 aliphatic carbocycles.